The molecule has 73 valence electrons. The third-order valence-electron chi connectivity index (χ3n) is 3.06. The molecule has 1 rings (SSSR count). The first kappa shape index (κ1) is 10.8. The van der Waals surface area contributed by atoms with Crippen LogP contribution in [0.25, 0.3) is 0 Å². The van der Waals surface area contributed by atoms with Crippen LogP contribution in [-0.4, -0.2) is 8.07 Å². The molecule has 0 aromatic heterocycles. The van der Waals surface area contributed by atoms with Gasteiger partial charge in [-0.2, -0.15) is 0 Å². The predicted octanol–water partition coefficient (Wildman–Crippen LogP) is 3.97. The van der Waals surface area contributed by atoms with Crippen LogP contribution < -0.4 is 0 Å². The lowest BCUT2D eigenvalue weighted by Gasteiger charge is -2.19. The summed E-state index contributed by atoms with van der Waals surface area (Å²) >= 11 is 0. The van der Waals surface area contributed by atoms with E-state index < -0.39 is 8.07 Å². The quantitative estimate of drug-likeness (QED) is 0.553. The molecule has 0 N–H and O–H groups in total. The van der Waals surface area contributed by atoms with E-state index in [9.17, 15) is 0 Å². The van der Waals surface area contributed by atoms with E-state index in [2.05, 4.69) is 53.4 Å². The van der Waals surface area contributed by atoms with Crippen molar-refractivity contribution in [2.24, 2.45) is 5.41 Å². The summed E-state index contributed by atoms with van der Waals surface area (Å²) in [6, 6.07) is 0. The Labute approximate surface area is 83.7 Å². The average molecular weight is 193 g/mol. The van der Waals surface area contributed by atoms with Gasteiger partial charge in [0.05, 0.1) is 8.07 Å². The van der Waals surface area contributed by atoms with Gasteiger partial charge in [-0.15, -0.1) is 0 Å². The second-order valence-corrected chi connectivity index (χ2v) is 10.6. The van der Waals surface area contributed by atoms with E-state index in [1.165, 1.54) is 16.3 Å². The SMILES string of the molecule is CC1=C(C)C(C)(C)[C]=C1[Si](C)(C)C. The minimum Gasteiger partial charge on any atom is -0.0656 e. The van der Waals surface area contributed by atoms with Crippen LogP contribution in [0.15, 0.2) is 16.3 Å². The Bertz CT molecular complexity index is 285. The zero-order valence-electron chi connectivity index (χ0n) is 10.0. The lowest BCUT2D eigenvalue weighted by atomic mass is 9.88. The van der Waals surface area contributed by atoms with E-state index in [1.807, 2.05) is 0 Å². The van der Waals surface area contributed by atoms with E-state index in [0.29, 0.717) is 0 Å². The first-order valence-electron chi connectivity index (χ1n) is 5.00. The first-order chi connectivity index (χ1) is 5.66. The first-order valence-corrected chi connectivity index (χ1v) is 8.50. The summed E-state index contributed by atoms with van der Waals surface area (Å²) in [4.78, 5) is 0. The van der Waals surface area contributed by atoms with Crippen LogP contribution in [0.4, 0.5) is 0 Å². The highest BCUT2D eigenvalue weighted by Crippen LogP contribution is 2.42. The van der Waals surface area contributed by atoms with Crippen molar-refractivity contribution in [2.45, 2.75) is 47.3 Å². The Balaban J connectivity index is 3.20. The molecule has 0 aromatic rings. The molecule has 0 aromatic carbocycles. The number of rotatable bonds is 1. The zero-order chi connectivity index (χ0) is 10.4. The summed E-state index contributed by atoms with van der Waals surface area (Å²) in [5.74, 6) is 0. The molecule has 0 nitrogen and oxygen atoms in total. The Morgan fingerprint density at radius 1 is 1.08 bits per heavy atom. The van der Waals surface area contributed by atoms with Crippen LogP contribution in [-0.2, 0) is 0 Å². The fraction of sp³-hybridized carbons (Fsp3) is 0.667. The molecule has 0 amide bonds. The number of allylic oxidation sites excluding steroid dienone is 4. The molecule has 1 aliphatic rings. The van der Waals surface area contributed by atoms with Gasteiger partial charge in [0.2, 0.25) is 0 Å². The number of hydrogen-bond donors (Lipinski definition) is 0. The molecule has 0 bridgehead atoms. The molecule has 1 aliphatic carbocycles. The summed E-state index contributed by atoms with van der Waals surface area (Å²) in [5, 5.41) is 1.54. The second-order valence-electron chi connectivity index (χ2n) is 5.62. The predicted molar refractivity (Wildman–Crippen MR) is 62.3 cm³/mol. The highest BCUT2D eigenvalue weighted by molar-refractivity contribution is 6.84. The summed E-state index contributed by atoms with van der Waals surface area (Å²) in [6.45, 7) is 16.2. The van der Waals surface area contributed by atoms with Gasteiger partial charge in [-0.05, 0) is 19.9 Å². The molecule has 0 saturated carbocycles. The molecule has 0 fully saturated rings. The third kappa shape index (κ3) is 1.80. The lowest BCUT2D eigenvalue weighted by molar-refractivity contribution is 0.569. The fourth-order valence-electron chi connectivity index (χ4n) is 1.91. The Kier molecular flexibility index (Phi) is 2.36. The number of hydrogen-bond acceptors (Lipinski definition) is 0. The minimum absolute atomic E-state index is 0.180. The van der Waals surface area contributed by atoms with Gasteiger partial charge in [0, 0.05) is 5.41 Å². The summed E-state index contributed by atoms with van der Waals surface area (Å²) < 4.78 is 0. The molecular weight excluding hydrogens is 172 g/mol. The van der Waals surface area contributed by atoms with Gasteiger partial charge in [-0.25, -0.2) is 0 Å². The fourth-order valence-corrected chi connectivity index (χ4v) is 3.91. The molecule has 0 saturated heterocycles. The van der Waals surface area contributed by atoms with E-state index >= 15 is 0 Å². The molecule has 13 heavy (non-hydrogen) atoms. The van der Waals surface area contributed by atoms with E-state index in [1.54, 1.807) is 0 Å². The monoisotopic (exact) mass is 193 g/mol. The molecule has 0 heterocycles. The maximum atomic E-state index is 3.67. The Morgan fingerprint density at radius 2 is 1.54 bits per heavy atom. The van der Waals surface area contributed by atoms with Crippen molar-refractivity contribution < 1.29 is 0 Å². The minimum atomic E-state index is -1.17. The van der Waals surface area contributed by atoms with Gasteiger partial charge in [-0.3, -0.25) is 0 Å². The second kappa shape index (κ2) is 2.84. The van der Waals surface area contributed by atoms with Crippen molar-refractivity contribution in [3.8, 4) is 0 Å². The van der Waals surface area contributed by atoms with Gasteiger partial charge >= 0.3 is 0 Å². The van der Waals surface area contributed by atoms with Crippen molar-refractivity contribution in [2.75, 3.05) is 0 Å². The topological polar surface area (TPSA) is 0 Å². The molecule has 1 heteroatoms. The van der Waals surface area contributed by atoms with Crippen LogP contribution in [0.2, 0.25) is 19.6 Å². The van der Waals surface area contributed by atoms with Crippen LogP contribution in [0.5, 0.6) is 0 Å². The molecule has 1 radical (unpaired) electrons. The smallest absolute Gasteiger partial charge is 0.0656 e. The maximum Gasteiger partial charge on any atom is 0.0783 e. The molecule has 0 unspecified atom stereocenters. The van der Waals surface area contributed by atoms with Gasteiger partial charge in [0.1, 0.15) is 0 Å². The normalized spacial score (nSPS) is 22.2. The molecule has 0 spiro atoms. The average Bonchev–Trinajstić information content (AvgIpc) is 2.12. The van der Waals surface area contributed by atoms with E-state index in [0.717, 1.165) is 0 Å². The van der Waals surface area contributed by atoms with Crippen LogP contribution in [0.3, 0.4) is 0 Å². The van der Waals surface area contributed by atoms with Gasteiger partial charge in [0.25, 0.3) is 0 Å². The van der Waals surface area contributed by atoms with Crippen molar-refractivity contribution in [3.63, 3.8) is 0 Å². The van der Waals surface area contributed by atoms with Crippen molar-refractivity contribution in [3.05, 3.63) is 22.4 Å². The summed E-state index contributed by atoms with van der Waals surface area (Å²) in [7, 11) is -1.17. The van der Waals surface area contributed by atoms with E-state index in [4.69, 9.17) is 0 Å². The molecule has 0 atom stereocenters. The lowest BCUT2D eigenvalue weighted by Crippen LogP contribution is -2.24. The highest BCUT2D eigenvalue weighted by atomic mass is 28.3. The Hall–Kier alpha value is -0.303. The zero-order valence-corrected chi connectivity index (χ0v) is 11.0. The van der Waals surface area contributed by atoms with Crippen LogP contribution >= 0.6 is 0 Å². The Morgan fingerprint density at radius 3 is 1.69 bits per heavy atom. The van der Waals surface area contributed by atoms with Gasteiger partial charge in [-0.1, -0.05) is 49.8 Å². The molecular formula is C12H21Si. The van der Waals surface area contributed by atoms with Gasteiger partial charge in [0.15, 0.2) is 0 Å². The highest BCUT2D eigenvalue weighted by Gasteiger charge is 2.33. The van der Waals surface area contributed by atoms with E-state index in [-0.39, 0.29) is 5.41 Å². The maximum absolute atomic E-state index is 3.67. The third-order valence-corrected chi connectivity index (χ3v) is 5.06. The largest absolute Gasteiger partial charge is 0.0783 e. The van der Waals surface area contributed by atoms with Crippen molar-refractivity contribution in [1.82, 2.24) is 0 Å². The summed E-state index contributed by atoms with van der Waals surface area (Å²) in [6.07, 6.45) is 3.67. The van der Waals surface area contributed by atoms with Crippen molar-refractivity contribution in [1.29, 1.82) is 0 Å². The standard InChI is InChI=1S/C12H21Si/c1-9-10(2)12(3,4)8-11(9)13(5,6)7/h1-7H3. The summed E-state index contributed by atoms with van der Waals surface area (Å²) in [5.41, 5.74) is 3.19. The van der Waals surface area contributed by atoms with Gasteiger partial charge < -0.3 is 0 Å². The van der Waals surface area contributed by atoms with Crippen molar-refractivity contribution >= 4 is 8.07 Å². The van der Waals surface area contributed by atoms with Crippen LogP contribution in [0.1, 0.15) is 27.7 Å². The van der Waals surface area contributed by atoms with Crippen LogP contribution in [0, 0.1) is 11.5 Å². The molecule has 0 aliphatic heterocycles.